The monoisotopic (exact) mass is 549 g/mol. The van der Waals surface area contributed by atoms with Gasteiger partial charge in [0, 0.05) is 34.3 Å². The molecule has 0 atom stereocenters. The van der Waals surface area contributed by atoms with Gasteiger partial charge >= 0.3 is 0 Å². The highest BCUT2D eigenvalue weighted by molar-refractivity contribution is 6.13. The number of benzene rings is 6. The summed E-state index contributed by atoms with van der Waals surface area (Å²) in [5, 5.41) is 2.24. The Labute approximate surface area is 250 Å². The maximum atomic E-state index is 6.82. The van der Waals surface area contributed by atoms with Gasteiger partial charge < -0.3 is 4.42 Å². The zero-order valence-electron chi connectivity index (χ0n) is 23.4. The van der Waals surface area contributed by atoms with Crippen LogP contribution in [-0.4, -0.2) is 4.98 Å². The third kappa shape index (κ3) is 4.60. The van der Waals surface area contributed by atoms with Crippen molar-refractivity contribution >= 4 is 21.9 Å². The van der Waals surface area contributed by atoms with Gasteiger partial charge in [-0.15, -0.1) is 0 Å². The van der Waals surface area contributed by atoms with E-state index in [4.69, 9.17) is 4.42 Å². The number of hydrogen-bond donors (Lipinski definition) is 0. The van der Waals surface area contributed by atoms with Gasteiger partial charge in [0.1, 0.15) is 11.2 Å². The molecule has 2 nitrogen and oxygen atoms in total. The second-order valence-electron chi connectivity index (χ2n) is 10.8. The van der Waals surface area contributed by atoms with Crippen molar-refractivity contribution in [2.75, 3.05) is 0 Å². The second-order valence-corrected chi connectivity index (χ2v) is 10.8. The number of furan rings is 1. The van der Waals surface area contributed by atoms with Crippen LogP contribution in [0.4, 0.5) is 0 Å². The molecule has 0 N–H and O–H groups in total. The quantitative estimate of drug-likeness (QED) is 0.213. The molecule has 43 heavy (non-hydrogen) atoms. The fraction of sp³-hybridized carbons (Fsp3) is 0. The van der Waals surface area contributed by atoms with Crippen LogP contribution < -0.4 is 0 Å². The van der Waals surface area contributed by atoms with E-state index in [1.807, 2.05) is 12.3 Å². The minimum absolute atomic E-state index is 0.904. The van der Waals surface area contributed by atoms with E-state index in [-0.39, 0.29) is 0 Å². The summed E-state index contributed by atoms with van der Waals surface area (Å²) in [4.78, 5) is 4.27. The number of fused-ring (bicyclic) bond motifs is 3. The first kappa shape index (κ1) is 25.0. The van der Waals surface area contributed by atoms with E-state index in [0.29, 0.717) is 0 Å². The number of para-hydroxylation sites is 2. The summed E-state index contributed by atoms with van der Waals surface area (Å²) < 4.78 is 6.82. The molecular formula is C41H27NO. The van der Waals surface area contributed by atoms with Crippen LogP contribution in [0.2, 0.25) is 0 Å². The van der Waals surface area contributed by atoms with E-state index >= 15 is 0 Å². The molecule has 8 aromatic rings. The molecule has 0 radical (unpaired) electrons. The molecule has 0 spiro atoms. The fourth-order valence-electron chi connectivity index (χ4n) is 6.03. The lowest BCUT2D eigenvalue weighted by molar-refractivity contribution is 0.671. The molecule has 8 rings (SSSR count). The third-order valence-corrected chi connectivity index (χ3v) is 8.17. The Morgan fingerprint density at radius 3 is 1.40 bits per heavy atom. The SMILES string of the molecule is c1ccc(-c2cc(-c3ccccc3)cc(-c3cccc4c3oc3c(-c5ccc(-c6cccnc6)cc5)cccc34)c2)cc1. The van der Waals surface area contributed by atoms with Crippen LogP contribution >= 0.6 is 0 Å². The highest BCUT2D eigenvalue weighted by atomic mass is 16.3. The molecule has 0 saturated carbocycles. The number of pyridine rings is 1. The lowest BCUT2D eigenvalue weighted by Gasteiger charge is -2.11. The number of aromatic nitrogens is 1. The van der Waals surface area contributed by atoms with Crippen molar-refractivity contribution in [3.8, 4) is 55.6 Å². The van der Waals surface area contributed by atoms with Crippen LogP contribution in [0.1, 0.15) is 0 Å². The van der Waals surface area contributed by atoms with Gasteiger partial charge in [-0.1, -0.05) is 127 Å². The Morgan fingerprint density at radius 1 is 0.349 bits per heavy atom. The molecule has 0 bridgehead atoms. The summed E-state index contributed by atoms with van der Waals surface area (Å²) in [6.07, 6.45) is 3.70. The van der Waals surface area contributed by atoms with E-state index in [1.54, 1.807) is 6.20 Å². The molecule has 2 heterocycles. The largest absolute Gasteiger partial charge is 0.455 e. The van der Waals surface area contributed by atoms with Crippen molar-refractivity contribution in [3.05, 3.63) is 164 Å². The second kappa shape index (κ2) is 10.6. The highest BCUT2D eigenvalue weighted by Crippen LogP contribution is 2.41. The number of hydrogen-bond acceptors (Lipinski definition) is 2. The average Bonchev–Trinajstić information content (AvgIpc) is 3.49. The molecule has 6 aromatic carbocycles. The Morgan fingerprint density at radius 2 is 0.837 bits per heavy atom. The maximum Gasteiger partial charge on any atom is 0.143 e. The topological polar surface area (TPSA) is 26.0 Å². The summed E-state index contributed by atoms with van der Waals surface area (Å²) in [6, 6.07) is 53.6. The van der Waals surface area contributed by atoms with Crippen molar-refractivity contribution in [3.63, 3.8) is 0 Å². The van der Waals surface area contributed by atoms with E-state index < -0.39 is 0 Å². The standard InChI is InChI=1S/C41H27NO/c1-3-10-28(11-4-1)33-24-34(29-12-5-2-6-13-29)26-35(25-33)37-16-8-18-39-38-17-7-15-36(40(38)43-41(37)39)31-21-19-30(20-22-31)32-14-9-23-42-27-32/h1-27H. The Kier molecular flexibility index (Phi) is 6.16. The first-order valence-electron chi connectivity index (χ1n) is 14.5. The molecule has 0 aliphatic heterocycles. The van der Waals surface area contributed by atoms with E-state index in [9.17, 15) is 0 Å². The number of nitrogens with zero attached hydrogens (tertiary/aromatic N) is 1. The first-order valence-corrected chi connectivity index (χ1v) is 14.5. The fourth-order valence-corrected chi connectivity index (χ4v) is 6.03. The van der Waals surface area contributed by atoms with Gasteiger partial charge in [0.2, 0.25) is 0 Å². The van der Waals surface area contributed by atoms with E-state index in [2.05, 4.69) is 151 Å². The van der Waals surface area contributed by atoms with Gasteiger partial charge in [0.15, 0.2) is 0 Å². The lowest BCUT2D eigenvalue weighted by atomic mass is 9.92. The van der Waals surface area contributed by atoms with Crippen LogP contribution in [0.3, 0.4) is 0 Å². The summed E-state index contributed by atoms with van der Waals surface area (Å²) in [5.74, 6) is 0. The number of rotatable bonds is 5. The molecule has 202 valence electrons. The van der Waals surface area contributed by atoms with Gasteiger partial charge in [-0.25, -0.2) is 0 Å². The average molecular weight is 550 g/mol. The molecule has 0 aliphatic carbocycles. The molecule has 0 aliphatic rings. The molecule has 0 saturated heterocycles. The van der Waals surface area contributed by atoms with Gasteiger partial charge in [0.25, 0.3) is 0 Å². The summed E-state index contributed by atoms with van der Waals surface area (Å²) >= 11 is 0. The predicted molar refractivity (Wildman–Crippen MR) is 179 cm³/mol. The Hall–Kier alpha value is -5.73. The molecule has 2 heteroatoms. The minimum Gasteiger partial charge on any atom is -0.455 e. The molecule has 2 aromatic heterocycles. The maximum absolute atomic E-state index is 6.82. The van der Waals surface area contributed by atoms with Crippen LogP contribution in [0.25, 0.3) is 77.6 Å². The van der Waals surface area contributed by atoms with Crippen LogP contribution in [0.5, 0.6) is 0 Å². The summed E-state index contributed by atoms with van der Waals surface area (Å²) in [6.45, 7) is 0. The van der Waals surface area contributed by atoms with Crippen LogP contribution in [0.15, 0.2) is 168 Å². The zero-order valence-corrected chi connectivity index (χ0v) is 23.4. The van der Waals surface area contributed by atoms with Crippen molar-refractivity contribution < 1.29 is 4.42 Å². The predicted octanol–water partition coefficient (Wildman–Crippen LogP) is 11.3. The van der Waals surface area contributed by atoms with E-state index in [1.165, 1.54) is 22.3 Å². The van der Waals surface area contributed by atoms with Crippen molar-refractivity contribution in [2.24, 2.45) is 0 Å². The van der Waals surface area contributed by atoms with Gasteiger partial charge in [-0.3, -0.25) is 4.98 Å². The normalized spacial score (nSPS) is 11.3. The van der Waals surface area contributed by atoms with Crippen molar-refractivity contribution in [2.45, 2.75) is 0 Å². The molecule has 0 fully saturated rings. The first-order chi connectivity index (χ1) is 21.3. The molecule has 0 unspecified atom stereocenters. The Bertz CT molecular complexity index is 2140. The van der Waals surface area contributed by atoms with Gasteiger partial charge in [-0.2, -0.15) is 0 Å². The highest BCUT2D eigenvalue weighted by Gasteiger charge is 2.17. The van der Waals surface area contributed by atoms with E-state index in [0.717, 1.165) is 55.3 Å². The summed E-state index contributed by atoms with van der Waals surface area (Å²) in [7, 11) is 0. The lowest BCUT2D eigenvalue weighted by Crippen LogP contribution is -1.86. The van der Waals surface area contributed by atoms with Crippen LogP contribution in [-0.2, 0) is 0 Å². The van der Waals surface area contributed by atoms with Crippen LogP contribution in [0, 0.1) is 0 Å². The third-order valence-electron chi connectivity index (χ3n) is 8.17. The minimum atomic E-state index is 0.904. The van der Waals surface area contributed by atoms with Gasteiger partial charge in [0.05, 0.1) is 0 Å². The smallest absolute Gasteiger partial charge is 0.143 e. The Balaban J connectivity index is 1.29. The van der Waals surface area contributed by atoms with Crippen molar-refractivity contribution in [1.82, 2.24) is 4.98 Å². The molecular weight excluding hydrogens is 522 g/mol. The van der Waals surface area contributed by atoms with Crippen molar-refractivity contribution in [1.29, 1.82) is 0 Å². The zero-order chi connectivity index (χ0) is 28.6. The molecule has 0 amide bonds. The van der Waals surface area contributed by atoms with Gasteiger partial charge in [-0.05, 0) is 68.8 Å². The summed E-state index contributed by atoms with van der Waals surface area (Å²) in [5.41, 5.74) is 13.2.